The Bertz CT molecular complexity index is 174. The summed E-state index contributed by atoms with van der Waals surface area (Å²) < 4.78 is 36.0. The van der Waals surface area contributed by atoms with E-state index in [4.69, 9.17) is 10.2 Å². The van der Waals surface area contributed by atoms with Crippen molar-refractivity contribution in [1.29, 1.82) is 0 Å². The highest BCUT2D eigenvalue weighted by atomic mass is 19.4. The maximum atomic E-state index is 12.0. The van der Waals surface area contributed by atoms with Crippen molar-refractivity contribution in [3.05, 3.63) is 0 Å². The third kappa shape index (κ3) is 3.11. The lowest BCUT2D eigenvalue weighted by Crippen LogP contribution is -2.33. The van der Waals surface area contributed by atoms with Gasteiger partial charge in [0.2, 0.25) is 0 Å². The van der Waals surface area contributed by atoms with Gasteiger partial charge in [0.25, 0.3) is 0 Å². The Kier molecular flexibility index (Phi) is 3.74. The van der Waals surface area contributed by atoms with Crippen LogP contribution in [0, 0.1) is 11.8 Å². The summed E-state index contributed by atoms with van der Waals surface area (Å²) in [7, 11) is 0. The lowest BCUT2D eigenvalue weighted by molar-refractivity contribution is -0.144. The van der Waals surface area contributed by atoms with Crippen LogP contribution in [0.25, 0.3) is 0 Å². The van der Waals surface area contributed by atoms with Crippen molar-refractivity contribution in [2.24, 2.45) is 11.8 Å². The van der Waals surface area contributed by atoms with E-state index in [1.807, 2.05) is 0 Å². The van der Waals surface area contributed by atoms with Crippen molar-refractivity contribution in [2.45, 2.75) is 6.18 Å². The number of aliphatic hydroxyl groups is 2. The zero-order valence-corrected chi connectivity index (χ0v) is 7.67. The van der Waals surface area contributed by atoms with Crippen LogP contribution in [0.2, 0.25) is 0 Å². The quantitative estimate of drug-likeness (QED) is 0.698. The van der Waals surface area contributed by atoms with Crippen LogP contribution in [0.15, 0.2) is 0 Å². The van der Waals surface area contributed by atoms with Crippen LogP contribution >= 0.6 is 0 Å². The van der Waals surface area contributed by atoms with E-state index in [9.17, 15) is 13.2 Å². The SMILES string of the molecule is OC[C@@H]1CN(CC(F)(F)F)C[C@@H]1CO. The Balaban J connectivity index is 2.45. The molecule has 84 valence electrons. The molecule has 0 aliphatic carbocycles. The molecule has 2 N–H and O–H groups in total. The van der Waals surface area contributed by atoms with Gasteiger partial charge in [-0.3, -0.25) is 4.90 Å². The van der Waals surface area contributed by atoms with E-state index in [2.05, 4.69) is 0 Å². The molecule has 0 saturated carbocycles. The highest BCUT2D eigenvalue weighted by Crippen LogP contribution is 2.26. The van der Waals surface area contributed by atoms with E-state index in [0.29, 0.717) is 0 Å². The fourth-order valence-electron chi connectivity index (χ4n) is 1.83. The van der Waals surface area contributed by atoms with Crippen LogP contribution in [-0.4, -0.2) is 54.1 Å². The molecule has 1 fully saturated rings. The van der Waals surface area contributed by atoms with E-state index >= 15 is 0 Å². The molecule has 0 radical (unpaired) electrons. The van der Waals surface area contributed by atoms with Gasteiger partial charge in [0.1, 0.15) is 0 Å². The predicted molar refractivity (Wildman–Crippen MR) is 43.6 cm³/mol. The molecule has 1 aliphatic heterocycles. The second kappa shape index (κ2) is 4.46. The Morgan fingerprint density at radius 3 is 1.79 bits per heavy atom. The first-order chi connectivity index (χ1) is 6.46. The molecule has 1 saturated heterocycles. The Morgan fingerprint density at radius 1 is 1.07 bits per heavy atom. The number of nitrogens with zero attached hydrogens (tertiary/aromatic N) is 1. The molecular formula is C8H14F3NO2. The van der Waals surface area contributed by atoms with Gasteiger partial charge in [0, 0.05) is 38.1 Å². The lowest BCUT2D eigenvalue weighted by atomic mass is 9.98. The summed E-state index contributed by atoms with van der Waals surface area (Å²) in [6.07, 6.45) is -4.20. The summed E-state index contributed by atoms with van der Waals surface area (Å²) in [5.41, 5.74) is 0. The van der Waals surface area contributed by atoms with Gasteiger partial charge >= 0.3 is 6.18 Å². The molecule has 0 bridgehead atoms. The first-order valence-corrected chi connectivity index (χ1v) is 4.47. The predicted octanol–water partition coefficient (Wildman–Crippen LogP) is 0.0813. The van der Waals surface area contributed by atoms with Gasteiger partial charge < -0.3 is 10.2 Å². The average Bonchev–Trinajstić information content (AvgIpc) is 2.43. The molecule has 0 aromatic carbocycles. The molecule has 3 nitrogen and oxygen atoms in total. The third-order valence-corrected chi connectivity index (χ3v) is 2.52. The van der Waals surface area contributed by atoms with Crippen LogP contribution in [0.4, 0.5) is 13.2 Å². The summed E-state index contributed by atoms with van der Waals surface area (Å²) in [5, 5.41) is 17.7. The molecule has 6 heteroatoms. The van der Waals surface area contributed by atoms with Gasteiger partial charge in [0.05, 0.1) is 6.54 Å². The number of hydrogen-bond donors (Lipinski definition) is 2. The van der Waals surface area contributed by atoms with Gasteiger partial charge in [-0.2, -0.15) is 13.2 Å². The van der Waals surface area contributed by atoms with E-state index < -0.39 is 12.7 Å². The molecule has 0 spiro atoms. The van der Waals surface area contributed by atoms with Gasteiger partial charge in [-0.05, 0) is 0 Å². The van der Waals surface area contributed by atoms with Crippen molar-refractivity contribution in [3.63, 3.8) is 0 Å². The van der Waals surface area contributed by atoms with Crippen LogP contribution in [0.5, 0.6) is 0 Å². The topological polar surface area (TPSA) is 43.7 Å². The summed E-state index contributed by atoms with van der Waals surface area (Å²) in [4.78, 5) is 1.22. The van der Waals surface area contributed by atoms with Crippen molar-refractivity contribution in [3.8, 4) is 0 Å². The molecule has 0 aromatic heterocycles. The van der Waals surface area contributed by atoms with Crippen LogP contribution < -0.4 is 0 Å². The normalized spacial score (nSPS) is 29.8. The summed E-state index contributed by atoms with van der Waals surface area (Å²) >= 11 is 0. The monoisotopic (exact) mass is 213 g/mol. The maximum Gasteiger partial charge on any atom is 0.401 e. The third-order valence-electron chi connectivity index (χ3n) is 2.52. The Morgan fingerprint density at radius 2 is 1.50 bits per heavy atom. The van der Waals surface area contributed by atoms with Crippen molar-refractivity contribution >= 4 is 0 Å². The second-order valence-corrected chi connectivity index (χ2v) is 3.69. The highest BCUT2D eigenvalue weighted by molar-refractivity contribution is 4.84. The summed E-state index contributed by atoms with van der Waals surface area (Å²) in [6.45, 7) is -0.873. The number of halogens is 3. The van der Waals surface area contributed by atoms with Crippen molar-refractivity contribution in [1.82, 2.24) is 4.90 Å². The minimum absolute atomic E-state index is 0.167. The molecule has 0 amide bonds. The van der Waals surface area contributed by atoms with Crippen LogP contribution in [0.3, 0.4) is 0 Å². The molecule has 2 atom stereocenters. The van der Waals surface area contributed by atoms with Crippen molar-refractivity contribution < 1.29 is 23.4 Å². The number of rotatable bonds is 3. The van der Waals surface area contributed by atoms with E-state index in [0.717, 1.165) is 0 Å². The molecular weight excluding hydrogens is 199 g/mol. The van der Waals surface area contributed by atoms with Gasteiger partial charge in [0.15, 0.2) is 0 Å². The van der Waals surface area contributed by atoms with Gasteiger partial charge in [-0.15, -0.1) is 0 Å². The van der Waals surface area contributed by atoms with E-state index in [1.165, 1.54) is 4.90 Å². The zero-order chi connectivity index (χ0) is 10.8. The molecule has 1 rings (SSSR count). The average molecular weight is 213 g/mol. The van der Waals surface area contributed by atoms with Gasteiger partial charge in [-0.25, -0.2) is 0 Å². The minimum Gasteiger partial charge on any atom is -0.396 e. The molecule has 0 unspecified atom stereocenters. The Labute approximate surface area is 80.1 Å². The zero-order valence-electron chi connectivity index (χ0n) is 7.67. The summed E-state index contributed by atoms with van der Waals surface area (Å²) in [5.74, 6) is -0.468. The Hall–Kier alpha value is -0.330. The molecule has 1 heterocycles. The smallest absolute Gasteiger partial charge is 0.396 e. The minimum atomic E-state index is -4.20. The number of aliphatic hydroxyl groups excluding tert-OH is 2. The fourth-order valence-corrected chi connectivity index (χ4v) is 1.83. The first kappa shape index (κ1) is 11.7. The summed E-state index contributed by atoms with van der Waals surface area (Å²) in [6, 6.07) is 0. The first-order valence-electron chi connectivity index (χ1n) is 4.47. The second-order valence-electron chi connectivity index (χ2n) is 3.69. The molecule has 0 aromatic rings. The van der Waals surface area contributed by atoms with Crippen LogP contribution in [0.1, 0.15) is 0 Å². The fraction of sp³-hybridized carbons (Fsp3) is 1.00. The standard InChI is InChI=1S/C8H14F3NO2/c9-8(10,11)5-12-1-6(3-13)7(2-12)4-14/h6-7,13-14H,1-5H2/t6-,7+. The van der Waals surface area contributed by atoms with E-state index in [1.54, 1.807) is 0 Å². The largest absolute Gasteiger partial charge is 0.401 e. The van der Waals surface area contributed by atoms with Crippen molar-refractivity contribution in [2.75, 3.05) is 32.8 Å². The number of alkyl halides is 3. The van der Waals surface area contributed by atoms with Crippen LogP contribution in [-0.2, 0) is 0 Å². The molecule has 14 heavy (non-hydrogen) atoms. The van der Waals surface area contributed by atoms with E-state index in [-0.39, 0.29) is 38.1 Å². The highest BCUT2D eigenvalue weighted by Gasteiger charge is 2.38. The van der Waals surface area contributed by atoms with Gasteiger partial charge in [-0.1, -0.05) is 0 Å². The lowest BCUT2D eigenvalue weighted by Gasteiger charge is -2.17. The molecule has 1 aliphatic rings. The number of hydrogen-bond acceptors (Lipinski definition) is 3. The maximum absolute atomic E-state index is 12.0. The number of likely N-dealkylation sites (tertiary alicyclic amines) is 1.